The van der Waals surface area contributed by atoms with E-state index in [1.54, 1.807) is 0 Å². The minimum Gasteiger partial charge on any atom is -0.350 e. The number of hydrogen-bond acceptors (Lipinski definition) is 3. The molecule has 1 atom stereocenters. The molecule has 3 nitrogen and oxygen atoms in total. The van der Waals surface area contributed by atoms with Crippen LogP contribution < -0.4 is 0 Å². The number of nitriles is 1. The molecule has 0 aliphatic carbocycles. The highest BCUT2D eigenvalue weighted by Crippen LogP contribution is 2.24. The third-order valence-corrected chi connectivity index (χ3v) is 1.92. The van der Waals surface area contributed by atoms with Crippen LogP contribution in [0.5, 0.6) is 0 Å². The fraction of sp³-hybridized carbons (Fsp3) is 0.889. The van der Waals surface area contributed by atoms with Crippen LogP contribution in [0.15, 0.2) is 0 Å². The van der Waals surface area contributed by atoms with Gasteiger partial charge in [-0.25, -0.2) is 0 Å². The molecular weight excluding hydrogens is 154 g/mol. The van der Waals surface area contributed by atoms with Crippen LogP contribution in [-0.2, 0) is 9.47 Å². The Morgan fingerprint density at radius 1 is 1.58 bits per heavy atom. The summed E-state index contributed by atoms with van der Waals surface area (Å²) in [7, 11) is 0. The zero-order chi connectivity index (χ0) is 9.03. The van der Waals surface area contributed by atoms with Gasteiger partial charge in [-0.15, -0.1) is 0 Å². The summed E-state index contributed by atoms with van der Waals surface area (Å²) in [6.45, 7) is 4.56. The van der Waals surface area contributed by atoms with E-state index in [0.717, 1.165) is 19.4 Å². The fourth-order valence-electron chi connectivity index (χ4n) is 1.36. The second-order valence-electron chi connectivity index (χ2n) is 3.47. The molecule has 1 saturated heterocycles. The molecule has 68 valence electrons. The molecule has 1 fully saturated rings. The maximum Gasteiger partial charge on any atom is 0.163 e. The van der Waals surface area contributed by atoms with Crippen LogP contribution in [0.4, 0.5) is 0 Å². The molecule has 0 unspecified atom stereocenters. The van der Waals surface area contributed by atoms with Gasteiger partial charge in [-0.3, -0.25) is 0 Å². The fourth-order valence-corrected chi connectivity index (χ4v) is 1.36. The van der Waals surface area contributed by atoms with Gasteiger partial charge in [0.1, 0.15) is 0 Å². The van der Waals surface area contributed by atoms with Crippen molar-refractivity contribution in [1.82, 2.24) is 0 Å². The highest BCUT2D eigenvalue weighted by Gasteiger charge is 2.28. The molecule has 0 saturated carbocycles. The Morgan fingerprint density at radius 2 is 2.33 bits per heavy atom. The smallest absolute Gasteiger partial charge is 0.163 e. The van der Waals surface area contributed by atoms with Crippen molar-refractivity contribution in [1.29, 1.82) is 5.26 Å². The van der Waals surface area contributed by atoms with E-state index >= 15 is 0 Å². The zero-order valence-corrected chi connectivity index (χ0v) is 7.67. The lowest BCUT2D eigenvalue weighted by Crippen LogP contribution is -2.39. The Hall–Kier alpha value is -0.590. The van der Waals surface area contributed by atoms with E-state index in [-0.39, 0.29) is 6.10 Å². The van der Waals surface area contributed by atoms with Gasteiger partial charge in [-0.2, -0.15) is 5.26 Å². The average Bonchev–Trinajstić information content (AvgIpc) is 1.99. The zero-order valence-electron chi connectivity index (χ0n) is 7.67. The van der Waals surface area contributed by atoms with Crippen LogP contribution in [0.1, 0.15) is 33.1 Å². The summed E-state index contributed by atoms with van der Waals surface area (Å²) in [6, 6.07) is 2.12. The molecular formula is C9H15NO2. The first kappa shape index (κ1) is 9.50. The first-order chi connectivity index (χ1) is 5.64. The average molecular weight is 169 g/mol. The summed E-state index contributed by atoms with van der Waals surface area (Å²) in [5.74, 6) is -0.460. The third-order valence-electron chi connectivity index (χ3n) is 1.92. The van der Waals surface area contributed by atoms with Crippen molar-refractivity contribution in [3.05, 3.63) is 0 Å². The van der Waals surface area contributed by atoms with E-state index < -0.39 is 5.79 Å². The third kappa shape index (κ3) is 2.80. The van der Waals surface area contributed by atoms with Crippen molar-refractivity contribution in [2.45, 2.75) is 45.0 Å². The Morgan fingerprint density at radius 3 is 2.92 bits per heavy atom. The number of nitrogens with zero attached hydrogens (tertiary/aromatic N) is 1. The minimum atomic E-state index is -0.460. The van der Waals surface area contributed by atoms with E-state index in [0.29, 0.717) is 6.42 Å². The maximum absolute atomic E-state index is 8.39. The maximum atomic E-state index is 8.39. The Bertz CT molecular complexity index is 183. The molecule has 0 aromatic rings. The number of rotatable bonds is 2. The predicted molar refractivity (Wildman–Crippen MR) is 44.4 cm³/mol. The molecule has 12 heavy (non-hydrogen) atoms. The molecule has 0 N–H and O–H groups in total. The van der Waals surface area contributed by atoms with Crippen LogP contribution in [0, 0.1) is 11.3 Å². The molecule has 0 spiro atoms. The van der Waals surface area contributed by atoms with Crippen LogP contribution in [0.25, 0.3) is 0 Å². The van der Waals surface area contributed by atoms with E-state index in [1.807, 2.05) is 13.8 Å². The van der Waals surface area contributed by atoms with Gasteiger partial charge < -0.3 is 9.47 Å². The quantitative estimate of drug-likeness (QED) is 0.633. The molecule has 3 heteroatoms. The highest BCUT2D eigenvalue weighted by molar-refractivity contribution is 4.75. The second kappa shape index (κ2) is 3.88. The van der Waals surface area contributed by atoms with Gasteiger partial charge in [-0.05, 0) is 26.7 Å². The lowest BCUT2D eigenvalue weighted by molar-refractivity contribution is -0.273. The summed E-state index contributed by atoms with van der Waals surface area (Å²) in [5, 5.41) is 8.39. The molecule has 0 bridgehead atoms. The second-order valence-corrected chi connectivity index (χ2v) is 3.47. The van der Waals surface area contributed by atoms with E-state index in [4.69, 9.17) is 14.7 Å². The molecule has 1 aliphatic heterocycles. The van der Waals surface area contributed by atoms with Gasteiger partial charge in [0.15, 0.2) is 5.79 Å². The lowest BCUT2D eigenvalue weighted by Gasteiger charge is -2.35. The molecule has 0 radical (unpaired) electrons. The van der Waals surface area contributed by atoms with Crippen LogP contribution in [0.2, 0.25) is 0 Å². The van der Waals surface area contributed by atoms with Crippen molar-refractivity contribution >= 4 is 0 Å². The van der Waals surface area contributed by atoms with Gasteiger partial charge in [-0.1, -0.05) is 0 Å². The summed E-state index contributed by atoms with van der Waals surface area (Å²) in [4.78, 5) is 0. The van der Waals surface area contributed by atoms with Gasteiger partial charge in [0.2, 0.25) is 0 Å². The Labute approximate surface area is 73.3 Å². The van der Waals surface area contributed by atoms with Gasteiger partial charge in [0.25, 0.3) is 0 Å². The van der Waals surface area contributed by atoms with E-state index in [9.17, 15) is 0 Å². The van der Waals surface area contributed by atoms with Crippen molar-refractivity contribution in [3.8, 4) is 6.07 Å². The van der Waals surface area contributed by atoms with Crippen molar-refractivity contribution in [3.63, 3.8) is 0 Å². The summed E-state index contributed by atoms with van der Waals surface area (Å²) in [6.07, 6.45) is 2.50. The summed E-state index contributed by atoms with van der Waals surface area (Å²) < 4.78 is 11.0. The highest BCUT2D eigenvalue weighted by atomic mass is 16.7. The topological polar surface area (TPSA) is 42.2 Å². The van der Waals surface area contributed by atoms with Crippen LogP contribution in [-0.4, -0.2) is 18.5 Å². The SMILES string of the molecule is CC1(C)OCC[C@@H](CCC#N)O1. The van der Waals surface area contributed by atoms with E-state index in [1.165, 1.54) is 0 Å². The summed E-state index contributed by atoms with van der Waals surface area (Å²) >= 11 is 0. The number of ether oxygens (including phenoxy) is 2. The lowest BCUT2D eigenvalue weighted by atomic mass is 10.1. The van der Waals surface area contributed by atoms with Crippen molar-refractivity contribution in [2.75, 3.05) is 6.61 Å². The minimum absolute atomic E-state index is 0.202. The standard InChI is InChI=1S/C9H15NO2/c1-9(2)11-7-5-8(12-9)4-3-6-10/h8H,3-5,7H2,1-2H3/t8-/m1/s1. The van der Waals surface area contributed by atoms with Gasteiger partial charge in [0.05, 0.1) is 18.8 Å². The monoisotopic (exact) mass is 169 g/mol. The van der Waals surface area contributed by atoms with Crippen LogP contribution >= 0.6 is 0 Å². The molecule has 1 aliphatic rings. The first-order valence-corrected chi connectivity index (χ1v) is 4.33. The number of hydrogen-bond donors (Lipinski definition) is 0. The Kier molecular flexibility index (Phi) is 3.07. The van der Waals surface area contributed by atoms with E-state index in [2.05, 4.69) is 6.07 Å². The largest absolute Gasteiger partial charge is 0.350 e. The molecule has 1 heterocycles. The van der Waals surface area contributed by atoms with Gasteiger partial charge >= 0.3 is 0 Å². The molecule has 0 aromatic heterocycles. The first-order valence-electron chi connectivity index (χ1n) is 4.33. The van der Waals surface area contributed by atoms with Crippen LogP contribution in [0.3, 0.4) is 0 Å². The van der Waals surface area contributed by atoms with Crippen molar-refractivity contribution in [2.24, 2.45) is 0 Å². The predicted octanol–water partition coefficient (Wildman–Crippen LogP) is 1.83. The molecule has 0 amide bonds. The normalized spacial score (nSPS) is 27.9. The molecule has 1 rings (SSSR count). The summed E-state index contributed by atoms with van der Waals surface area (Å²) in [5.41, 5.74) is 0. The van der Waals surface area contributed by atoms with Crippen molar-refractivity contribution < 1.29 is 9.47 Å². The Balaban J connectivity index is 2.32. The molecule has 0 aromatic carbocycles. The van der Waals surface area contributed by atoms with Gasteiger partial charge in [0, 0.05) is 6.42 Å².